The first-order valence-corrected chi connectivity index (χ1v) is 11.5. The average molecular weight is 456 g/mol. The molecule has 0 spiro atoms. The number of carbonyl (C=O) groups excluding carboxylic acids is 2. The number of rotatable bonds is 7. The van der Waals surface area contributed by atoms with Gasteiger partial charge >= 0.3 is 6.03 Å². The number of halogens is 1. The molecule has 2 N–H and O–H groups in total. The van der Waals surface area contributed by atoms with Crippen LogP contribution in [0.4, 0.5) is 15.0 Å². The normalized spacial score (nSPS) is 18.3. The van der Waals surface area contributed by atoms with Crippen LogP contribution >= 0.6 is 0 Å². The third-order valence-corrected chi connectivity index (χ3v) is 6.04. The van der Waals surface area contributed by atoms with Crippen molar-refractivity contribution in [3.63, 3.8) is 0 Å². The van der Waals surface area contributed by atoms with Gasteiger partial charge in [-0.3, -0.25) is 4.79 Å². The van der Waals surface area contributed by atoms with Gasteiger partial charge in [0.15, 0.2) is 0 Å². The Morgan fingerprint density at radius 3 is 2.67 bits per heavy atom. The maximum Gasteiger partial charge on any atom is 0.317 e. The van der Waals surface area contributed by atoms with Crippen LogP contribution in [-0.2, 0) is 11.2 Å². The van der Waals surface area contributed by atoms with E-state index in [2.05, 4.69) is 15.6 Å². The highest BCUT2D eigenvalue weighted by Crippen LogP contribution is 2.19. The number of nitrogens with zero attached hydrogens (tertiary/aromatic N) is 3. The second-order valence-electron chi connectivity index (χ2n) is 8.27. The number of nitrogens with one attached hydrogen (secondary N) is 2. The van der Waals surface area contributed by atoms with Crippen LogP contribution in [0.25, 0.3) is 0 Å². The lowest BCUT2D eigenvalue weighted by molar-refractivity contribution is 0.0857. The van der Waals surface area contributed by atoms with Crippen LogP contribution in [-0.4, -0.2) is 73.8 Å². The summed E-state index contributed by atoms with van der Waals surface area (Å²) in [5, 5.41) is 5.82. The fourth-order valence-corrected chi connectivity index (χ4v) is 4.17. The summed E-state index contributed by atoms with van der Waals surface area (Å²) < 4.78 is 19.3. The highest BCUT2D eigenvalue weighted by molar-refractivity contribution is 5.99. The van der Waals surface area contributed by atoms with Crippen molar-refractivity contribution >= 4 is 17.8 Å². The van der Waals surface area contributed by atoms with Crippen LogP contribution in [0, 0.1) is 5.82 Å². The molecule has 2 aromatic rings. The largest absolute Gasteiger partial charge is 0.376 e. The van der Waals surface area contributed by atoms with Gasteiger partial charge in [0.1, 0.15) is 11.6 Å². The molecule has 9 heteroatoms. The molecule has 0 radical (unpaired) electrons. The summed E-state index contributed by atoms with van der Waals surface area (Å²) in [6, 6.07) is 9.94. The predicted molar refractivity (Wildman–Crippen MR) is 123 cm³/mol. The quantitative estimate of drug-likeness (QED) is 0.669. The summed E-state index contributed by atoms with van der Waals surface area (Å²) in [6.45, 7) is 3.79. The molecule has 2 aliphatic rings. The van der Waals surface area contributed by atoms with E-state index in [9.17, 15) is 14.0 Å². The molecule has 2 aliphatic heterocycles. The van der Waals surface area contributed by atoms with Gasteiger partial charge in [-0.15, -0.1) is 0 Å². The lowest BCUT2D eigenvalue weighted by Gasteiger charge is -2.36. The molecule has 2 saturated heterocycles. The van der Waals surface area contributed by atoms with Gasteiger partial charge < -0.3 is 25.2 Å². The van der Waals surface area contributed by atoms with E-state index in [0.29, 0.717) is 62.6 Å². The highest BCUT2D eigenvalue weighted by Gasteiger charge is 2.25. The Morgan fingerprint density at radius 2 is 1.91 bits per heavy atom. The van der Waals surface area contributed by atoms with Gasteiger partial charge in [0.05, 0.1) is 11.7 Å². The third kappa shape index (κ3) is 5.98. The van der Waals surface area contributed by atoms with Crippen molar-refractivity contribution < 1.29 is 18.7 Å². The van der Waals surface area contributed by atoms with Crippen LogP contribution in [0.2, 0.25) is 0 Å². The Kier molecular flexibility index (Phi) is 7.72. The van der Waals surface area contributed by atoms with Gasteiger partial charge in [0.2, 0.25) is 0 Å². The number of benzene rings is 1. The molecule has 1 unspecified atom stereocenters. The molecule has 33 heavy (non-hydrogen) atoms. The van der Waals surface area contributed by atoms with Gasteiger partial charge in [0.25, 0.3) is 5.91 Å². The molecular weight excluding hydrogens is 425 g/mol. The minimum atomic E-state index is -0.258. The zero-order chi connectivity index (χ0) is 23.0. The standard InChI is InChI=1S/C24H30FN5O3/c25-21-8-2-1-5-18(21)9-11-27-24(32)30-14-12-29(13-15-30)22-20(7-3-10-26-22)23(31)28-17-19-6-4-16-33-19/h1-3,5,7-8,10,19H,4,6,9,11-17H2,(H,27,32)(H,28,31). The molecule has 2 fully saturated rings. The number of hydrogen-bond donors (Lipinski definition) is 2. The number of urea groups is 1. The summed E-state index contributed by atoms with van der Waals surface area (Å²) in [5.41, 5.74) is 1.11. The molecule has 0 bridgehead atoms. The number of ether oxygens (including phenoxy) is 1. The lowest BCUT2D eigenvalue weighted by atomic mass is 10.1. The number of hydrogen-bond acceptors (Lipinski definition) is 5. The number of pyridine rings is 1. The summed E-state index contributed by atoms with van der Waals surface area (Å²) in [4.78, 5) is 33.5. The molecule has 0 aliphatic carbocycles. The fourth-order valence-electron chi connectivity index (χ4n) is 4.17. The van der Waals surface area contributed by atoms with Crippen LogP contribution in [0.5, 0.6) is 0 Å². The number of aromatic nitrogens is 1. The van der Waals surface area contributed by atoms with Gasteiger partial charge in [-0.05, 0) is 43.0 Å². The van der Waals surface area contributed by atoms with Crippen LogP contribution in [0.15, 0.2) is 42.6 Å². The molecule has 3 amide bonds. The van der Waals surface area contributed by atoms with Gasteiger partial charge in [-0.2, -0.15) is 0 Å². The number of anilines is 1. The first-order chi connectivity index (χ1) is 16.1. The van der Waals surface area contributed by atoms with Gasteiger partial charge in [0, 0.05) is 52.1 Å². The topological polar surface area (TPSA) is 86.8 Å². The predicted octanol–water partition coefficient (Wildman–Crippen LogP) is 2.20. The minimum absolute atomic E-state index is 0.0783. The Labute approximate surface area is 193 Å². The van der Waals surface area contributed by atoms with E-state index in [1.807, 2.05) is 4.90 Å². The van der Waals surface area contributed by atoms with Crippen molar-refractivity contribution in [2.45, 2.75) is 25.4 Å². The van der Waals surface area contributed by atoms with Crippen molar-refractivity contribution in [1.29, 1.82) is 0 Å². The average Bonchev–Trinajstić information content (AvgIpc) is 3.37. The van der Waals surface area contributed by atoms with Gasteiger partial charge in [-0.1, -0.05) is 18.2 Å². The van der Waals surface area contributed by atoms with E-state index in [1.165, 1.54) is 6.07 Å². The lowest BCUT2D eigenvalue weighted by Crippen LogP contribution is -2.52. The third-order valence-electron chi connectivity index (χ3n) is 6.04. The molecule has 176 valence electrons. The second-order valence-corrected chi connectivity index (χ2v) is 8.27. The Balaban J connectivity index is 1.26. The SMILES string of the molecule is O=C(NCC1CCCO1)c1cccnc1N1CCN(C(=O)NCCc2ccccc2F)CC1. The summed E-state index contributed by atoms with van der Waals surface area (Å²) in [6.07, 6.45) is 4.18. The Morgan fingerprint density at radius 1 is 1.09 bits per heavy atom. The zero-order valence-corrected chi connectivity index (χ0v) is 18.6. The molecule has 4 rings (SSSR count). The first kappa shape index (κ1) is 23.0. The fraction of sp³-hybridized carbons (Fsp3) is 0.458. The molecule has 1 atom stereocenters. The smallest absolute Gasteiger partial charge is 0.317 e. The number of carbonyl (C=O) groups is 2. The number of amides is 3. The van der Waals surface area contributed by atoms with E-state index < -0.39 is 0 Å². The Bertz CT molecular complexity index is 959. The first-order valence-electron chi connectivity index (χ1n) is 11.5. The van der Waals surface area contributed by atoms with E-state index in [0.717, 1.165) is 19.4 Å². The zero-order valence-electron chi connectivity index (χ0n) is 18.6. The molecule has 8 nitrogen and oxygen atoms in total. The van der Waals surface area contributed by atoms with Crippen molar-refractivity contribution in [3.8, 4) is 0 Å². The van der Waals surface area contributed by atoms with Crippen LogP contribution in [0.3, 0.4) is 0 Å². The van der Waals surface area contributed by atoms with Crippen LogP contribution < -0.4 is 15.5 Å². The van der Waals surface area contributed by atoms with Crippen molar-refractivity contribution in [2.75, 3.05) is 50.8 Å². The van der Waals surface area contributed by atoms with E-state index in [1.54, 1.807) is 41.4 Å². The molecule has 3 heterocycles. The summed E-state index contributed by atoms with van der Waals surface area (Å²) in [7, 11) is 0. The minimum Gasteiger partial charge on any atom is -0.376 e. The summed E-state index contributed by atoms with van der Waals surface area (Å²) >= 11 is 0. The molecule has 0 saturated carbocycles. The second kappa shape index (κ2) is 11.1. The van der Waals surface area contributed by atoms with Crippen molar-refractivity contribution in [1.82, 2.24) is 20.5 Å². The van der Waals surface area contributed by atoms with Crippen molar-refractivity contribution in [2.24, 2.45) is 0 Å². The summed E-state index contributed by atoms with van der Waals surface area (Å²) in [5.74, 6) is 0.204. The molecular formula is C24H30FN5O3. The van der Waals surface area contributed by atoms with E-state index in [-0.39, 0.29) is 23.9 Å². The van der Waals surface area contributed by atoms with Crippen molar-refractivity contribution in [3.05, 3.63) is 59.5 Å². The highest BCUT2D eigenvalue weighted by atomic mass is 19.1. The maximum atomic E-state index is 13.7. The van der Waals surface area contributed by atoms with Gasteiger partial charge in [-0.25, -0.2) is 14.2 Å². The molecule has 1 aromatic heterocycles. The molecule has 1 aromatic carbocycles. The Hall–Kier alpha value is -3.20. The maximum absolute atomic E-state index is 13.7. The van der Waals surface area contributed by atoms with E-state index >= 15 is 0 Å². The number of piperazine rings is 1. The van der Waals surface area contributed by atoms with E-state index in [4.69, 9.17) is 4.74 Å². The monoisotopic (exact) mass is 455 g/mol. The van der Waals surface area contributed by atoms with Crippen LogP contribution in [0.1, 0.15) is 28.8 Å².